The standard InChI is InChI=1S/C97H132Cl6N10O19S3/c1-5-6-7-8-9-10-36-132-78-22-20-71(21-23-78)64-107-97(27-24-94(114)104-30-37-123-43-49-129-52-46-126-40-33-108-133(117,118)79-17-11-14-72(55-79)85-65-111(2)68-88-82(85)58-75(98)61-91(88)101,28-25-95(115)105-31-38-124-44-50-130-53-47-127-41-34-109-134(119,120)80-18-12-15-73(56-80)86-66-112(3)69-89-83(86)59-76(99)62-92(89)102)29-26-96(116)106-32-39-125-45-51-131-54-48-128-42-35-110-135(121,122)81-19-13-16-74(57-81)87-67-113(4)70-90-84(87)60-77(100)63-93(90)103/h11-23,55-63,85-87,107-110H,5-10,24-54,64-70H2,1-4H3,(H,104,114)(H,105,115)(H,106,116)/t85-,86-,87-/m0/s1. The van der Waals surface area contributed by atoms with Gasteiger partial charge < -0.3 is 83.3 Å². The number of rotatable bonds is 65. The first kappa shape index (κ1) is 111. The zero-order chi connectivity index (χ0) is 96.4. The van der Waals surface area contributed by atoms with Gasteiger partial charge in [-0.05, 0) is 187 Å². The van der Waals surface area contributed by atoms with Crippen LogP contribution in [0.5, 0.6) is 5.75 Å². The molecule has 7 aromatic carbocycles. The van der Waals surface area contributed by atoms with E-state index in [1.807, 2.05) is 81.8 Å². The lowest BCUT2D eigenvalue weighted by Crippen LogP contribution is -2.47. The molecule has 3 aliphatic heterocycles. The van der Waals surface area contributed by atoms with Crippen molar-refractivity contribution in [1.29, 1.82) is 0 Å². The van der Waals surface area contributed by atoms with Crippen molar-refractivity contribution >= 4 is 117 Å². The molecule has 3 aliphatic rings. The van der Waals surface area contributed by atoms with Crippen LogP contribution in [0.25, 0.3) is 0 Å². The number of hydrogen-bond acceptors (Lipinski definition) is 23. The fourth-order valence-corrected chi connectivity index (χ4v) is 21.4. The second-order valence-corrected chi connectivity index (χ2v) is 41.8. The Bertz CT molecular complexity index is 4790. The quantitative estimate of drug-likeness (QED) is 0.0174. The van der Waals surface area contributed by atoms with Crippen LogP contribution in [0.3, 0.4) is 0 Å². The molecule has 3 heterocycles. The molecule has 0 bridgehead atoms. The highest BCUT2D eigenvalue weighted by Gasteiger charge is 2.35. The number of fused-ring (bicyclic) bond motifs is 3. The molecule has 10 rings (SSSR count). The number of nitrogens with one attached hydrogen (secondary N) is 7. The Morgan fingerprint density at radius 3 is 0.978 bits per heavy atom. The lowest BCUT2D eigenvalue weighted by Gasteiger charge is -2.35. The Balaban J connectivity index is 0.649. The number of sulfonamides is 3. The van der Waals surface area contributed by atoms with Crippen molar-refractivity contribution in [2.24, 2.45) is 0 Å². The van der Waals surface area contributed by atoms with E-state index in [2.05, 4.69) is 57.1 Å². The van der Waals surface area contributed by atoms with Gasteiger partial charge in [0.15, 0.2) is 0 Å². The van der Waals surface area contributed by atoms with E-state index in [0.29, 0.717) is 82.6 Å². The van der Waals surface area contributed by atoms with Gasteiger partial charge in [0, 0.05) is 158 Å². The molecule has 135 heavy (non-hydrogen) atoms. The van der Waals surface area contributed by atoms with Gasteiger partial charge in [-0.15, -0.1) is 0 Å². The van der Waals surface area contributed by atoms with Crippen LogP contribution in [0.15, 0.2) is 148 Å². The van der Waals surface area contributed by atoms with E-state index < -0.39 is 35.6 Å². The number of nitrogens with zero attached hydrogens (tertiary/aromatic N) is 3. The molecule has 7 aromatic rings. The van der Waals surface area contributed by atoms with Crippen LogP contribution in [0.4, 0.5) is 0 Å². The van der Waals surface area contributed by atoms with Crippen LogP contribution in [0.1, 0.15) is 157 Å². The molecular weight excluding hydrogens is 1920 g/mol. The third-order valence-corrected chi connectivity index (χ3v) is 29.6. The summed E-state index contributed by atoms with van der Waals surface area (Å²) in [7, 11) is -5.61. The van der Waals surface area contributed by atoms with Crippen LogP contribution in [-0.4, -0.2) is 269 Å². The molecule has 0 saturated carbocycles. The van der Waals surface area contributed by atoms with Gasteiger partial charge >= 0.3 is 0 Å². The number of amides is 3. The summed E-state index contributed by atoms with van der Waals surface area (Å²) in [4.78, 5) is 48.3. The highest BCUT2D eigenvalue weighted by Crippen LogP contribution is 2.43. The number of benzene rings is 7. The van der Waals surface area contributed by atoms with Crippen LogP contribution in [-0.2, 0) is 113 Å². The second kappa shape index (κ2) is 58.2. The Morgan fingerprint density at radius 2 is 0.659 bits per heavy atom. The number of likely N-dealkylation sites (N-methyl/N-ethyl adjacent to an activating group) is 3. The largest absolute Gasteiger partial charge is 0.494 e. The molecule has 3 atom stereocenters. The summed E-state index contributed by atoms with van der Waals surface area (Å²) in [5.41, 5.74) is 8.34. The topological polar surface area (TPSA) is 340 Å². The van der Waals surface area contributed by atoms with Crippen molar-refractivity contribution in [2.75, 3.05) is 206 Å². The van der Waals surface area contributed by atoms with Gasteiger partial charge in [0.25, 0.3) is 0 Å². The third-order valence-electron chi connectivity index (χ3n) is 23.6. The molecule has 0 saturated heterocycles. The number of ether oxygens (including phenoxy) is 10. The maximum atomic E-state index is 13.8. The van der Waals surface area contributed by atoms with Gasteiger partial charge in [0.05, 0.1) is 140 Å². The average Bonchev–Trinajstić information content (AvgIpc) is 0.778. The molecule has 0 spiro atoms. The smallest absolute Gasteiger partial charge is 0.240 e. The summed E-state index contributed by atoms with van der Waals surface area (Å²) in [5, 5.41) is 15.9. The van der Waals surface area contributed by atoms with Crippen molar-refractivity contribution in [3.63, 3.8) is 0 Å². The Hall–Kier alpha value is -6.30. The molecule has 744 valence electrons. The van der Waals surface area contributed by atoms with Crippen LogP contribution >= 0.6 is 69.6 Å². The first-order chi connectivity index (χ1) is 65.1. The van der Waals surface area contributed by atoms with Crippen molar-refractivity contribution in [2.45, 2.75) is 148 Å². The highest BCUT2D eigenvalue weighted by molar-refractivity contribution is 7.90. The molecule has 0 aromatic heterocycles. The van der Waals surface area contributed by atoms with Gasteiger partial charge in [0.2, 0.25) is 47.8 Å². The van der Waals surface area contributed by atoms with Gasteiger partial charge in [-0.3, -0.25) is 14.4 Å². The Labute approximate surface area is 827 Å². The monoisotopic (exact) mass is 2050 g/mol. The average molecular weight is 2050 g/mol. The predicted octanol–water partition coefficient (Wildman–Crippen LogP) is 13.7. The lowest BCUT2D eigenvalue weighted by molar-refractivity contribution is -0.121. The molecule has 7 N–H and O–H groups in total. The SMILES string of the molecule is CCCCCCCCOc1ccc(CNC(CCC(=O)NCCOCCOCCOCCNS(=O)(=O)c2cccc([C@@H]3CN(C)Cc4c(Cl)cc(Cl)cc43)c2)(CCC(=O)NCCOCCOCCOCCNS(=O)(=O)c2cccc([C@@H]3CN(C)Cc4c(Cl)cc(Cl)cc43)c2)CCC(=O)NCCOCCOCCOCCNS(=O)(=O)c2cccc([C@@H]3CN(C)Cc4c(Cl)cc(Cl)cc43)c2)cc1. The molecule has 0 unspecified atom stereocenters. The Morgan fingerprint density at radius 1 is 0.363 bits per heavy atom. The summed E-state index contributed by atoms with van der Waals surface area (Å²) in [5.74, 6) is -0.416. The van der Waals surface area contributed by atoms with E-state index in [1.54, 1.807) is 72.8 Å². The second-order valence-electron chi connectivity index (χ2n) is 34.0. The fraction of sp³-hybridized carbons (Fsp3) is 0.536. The minimum atomic E-state index is -3.87. The van der Waals surface area contributed by atoms with E-state index in [1.165, 1.54) is 25.7 Å². The summed E-state index contributed by atoms with van der Waals surface area (Å²) < 4.78 is 146. The minimum absolute atomic E-state index is 0.0435. The summed E-state index contributed by atoms with van der Waals surface area (Å²) in [6.07, 6.45) is 7.75. The highest BCUT2D eigenvalue weighted by atomic mass is 35.5. The molecule has 3 amide bonds. The number of halogens is 6. The first-order valence-corrected chi connectivity index (χ1v) is 53.0. The van der Waals surface area contributed by atoms with Gasteiger partial charge in [-0.25, -0.2) is 39.4 Å². The van der Waals surface area contributed by atoms with Crippen molar-refractivity contribution in [3.8, 4) is 5.75 Å². The number of hydrogen-bond donors (Lipinski definition) is 7. The molecule has 0 radical (unpaired) electrons. The van der Waals surface area contributed by atoms with Crippen LogP contribution in [0.2, 0.25) is 30.1 Å². The number of unbranched alkanes of at least 4 members (excludes halogenated alkanes) is 5. The minimum Gasteiger partial charge on any atom is -0.494 e. The van der Waals surface area contributed by atoms with E-state index in [4.69, 9.17) is 117 Å². The normalized spacial score (nSPS) is 15.6. The van der Waals surface area contributed by atoms with Crippen LogP contribution < -0.4 is 40.2 Å². The predicted molar refractivity (Wildman–Crippen MR) is 528 cm³/mol. The van der Waals surface area contributed by atoms with E-state index in [0.717, 1.165) is 74.2 Å². The maximum absolute atomic E-state index is 13.8. The van der Waals surface area contributed by atoms with E-state index in [9.17, 15) is 39.6 Å². The zero-order valence-corrected chi connectivity index (χ0v) is 84.6. The van der Waals surface area contributed by atoms with Gasteiger partial charge in [0.1, 0.15) is 5.75 Å². The molecule has 0 fully saturated rings. The van der Waals surface area contributed by atoms with Crippen molar-refractivity contribution in [3.05, 3.63) is 219 Å². The zero-order valence-electron chi connectivity index (χ0n) is 77.6. The number of carbonyl (C=O) groups excluding carboxylic acids is 3. The molecule has 29 nitrogen and oxygen atoms in total. The lowest BCUT2D eigenvalue weighted by atomic mass is 9.83. The maximum Gasteiger partial charge on any atom is 0.240 e. The number of carbonyl (C=O) groups is 3. The van der Waals surface area contributed by atoms with Crippen molar-refractivity contribution < 1.29 is 87.0 Å². The first-order valence-electron chi connectivity index (χ1n) is 46.3. The summed E-state index contributed by atoms with van der Waals surface area (Å²) >= 11 is 39.0. The van der Waals surface area contributed by atoms with Gasteiger partial charge in [-0.2, -0.15) is 0 Å². The fourth-order valence-electron chi connectivity index (χ4n) is 16.5. The van der Waals surface area contributed by atoms with Gasteiger partial charge in [-0.1, -0.05) is 157 Å². The Kier molecular flexibility index (Phi) is 47.7. The van der Waals surface area contributed by atoms with Crippen molar-refractivity contribution in [1.82, 2.24) is 50.1 Å². The molecule has 0 aliphatic carbocycles. The molecular formula is C97H132Cl6N10O19S3. The third kappa shape index (κ3) is 37.6. The van der Waals surface area contributed by atoms with Crippen LogP contribution in [0, 0.1) is 0 Å². The summed E-state index contributed by atoms with van der Waals surface area (Å²) in [6, 6.07) is 39.4. The summed E-state index contributed by atoms with van der Waals surface area (Å²) in [6.45, 7) is 11.6. The van der Waals surface area contributed by atoms with E-state index in [-0.39, 0.29) is 247 Å². The molecule has 38 heteroatoms. The van der Waals surface area contributed by atoms with E-state index >= 15 is 0 Å².